The standard InChI is InChI=1S/C24H30N2O3/c1-4-11-22-18(2)23(27)25(19(3)21-14-9-6-10-15-21)17-26(22)24(28)29-16-20-12-7-5-8-13-20/h5-10,12-15,18-19,22H,4,11,16-17H2,1-3H3/t18-,19+,22-/m1/s1. The van der Waals surface area contributed by atoms with Crippen LogP contribution < -0.4 is 0 Å². The highest BCUT2D eigenvalue weighted by Gasteiger charge is 2.42. The molecule has 0 bridgehead atoms. The van der Waals surface area contributed by atoms with Crippen LogP contribution in [0.2, 0.25) is 0 Å². The van der Waals surface area contributed by atoms with E-state index in [1.54, 1.807) is 9.80 Å². The van der Waals surface area contributed by atoms with Crippen LogP contribution >= 0.6 is 0 Å². The van der Waals surface area contributed by atoms with Gasteiger partial charge < -0.3 is 9.64 Å². The second kappa shape index (κ2) is 9.59. The Hall–Kier alpha value is -2.82. The summed E-state index contributed by atoms with van der Waals surface area (Å²) in [5, 5.41) is 0. The Kier molecular flexibility index (Phi) is 6.91. The Morgan fingerprint density at radius 1 is 1.10 bits per heavy atom. The molecular formula is C24H30N2O3. The van der Waals surface area contributed by atoms with E-state index in [-0.39, 0.29) is 43.3 Å². The highest BCUT2D eigenvalue weighted by molar-refractivity contribution is 5.82. The van der Waals surface area contributed by atoms with E-state index in [0.717, 1.165) is 24.0 Å². The third-order valence-corrected chi connectivity index (χ3v) is 5.73. The molecule has 5 heteroatoms. The van der Waals surface area contributed by atoms with E-state index >= 15 is 0 Å². The molecule has 0 saturated carbocycles. The zero-order valence-electron chi connectivity index (χ0n) is 17.5. The minimum atomic E-state index is -0.364. The van der Waals surface area contributed by atoms with Crippen LogP contribution in [0.1, 0.15) is 50.8 Å². The Balaban J connectivity index is 1.78. The van der Waals surface area contributed by atoms with Gasteiger partial charge in [-0.25, -0.2) is 4.79 Å². The molecule has 0 N–H and O–H groups in total. The van der Waals surface area contributed by atoms with Crippen molar-refractivity contribution in [3.05, 3.63) is 71.8 Å². The number of carbonyl (C=O) groups excluding carboxylic acids is 2. The minimum Gasteiger partial charge on any atom is -0.444 e. The molecular weight excluding hydrogens is 364 g/mol. The van der Waals surface area contributed by atoms with Crippen molar-refractivity contribution in [2.45, 2.75) is 52.3 Å². The largest absolute Gasteiger partial charge is 0.444 e. The van der Waals surface area contributed by atoms with E-state index in [9.17, 15) is 9.59 Å². The molecule has 2 aromatic carbocycles. The molecule has 0 spiro atoms. The lowest BCUT2D eigenvalue weighted by atomic mass is 9.91. The first-order valence-corrected chi connectivity index (χ1v) is 10.4. The summed E-state index contributed by atoms with van der Waals surface area (Å²) in [5.74, 6) is -0.175. The van der Waals surface area contributed by atoms with Gasteiger partial charge in [0.05, 0.1) is 18.6 Å². The molecule has 29 heavy (non-hydrogen) atoms. The van der Waals surface area contributed by atoms with Crippen molar-refractivity contribution < 1.29 is 14.3 Å². The predicted octanol–water partition coefficient (Wildman–Crippen LogP) is 4.99. The summed E-state index contributed by atoms with van der Waals surface area (Å²) >= 11 is 0. The molecule has 5 nitrogen and oxygen atoms in total. The van der Waals surface area contributed by atoms with Crippen LogP contribution in [0.15, 0.2) is 60.7 Å². The van der Waals surface area contributed by atoms with Gasteiger partial charge in [-0.3, -0.25) is 9.69 Å². The molecule has 0 aliphatic carbocycles. The predicted molar refractivity (Wildman–Crippen MR) is 113 cm³/mol. The average Bonchev–Trinajstić information content (AvgIpc) is 2.76. The Morgan fingerprint density at radius 3 is 2.34 bits per heavy atom. The van der Waals surface area contributed by atoms with Gasteiger partial charge in [-0.2, -0.15) is 0 Å². The van der Waals surface area contributed by atoms with Gasteiger partial charge in [0, 0.05) is 6.04 Å². The molecule has 1 heterocycles. The Morgan fingerprint density at radius 2 is 1.72 bits per heavy atom. The zero-order valence-corrected chi connectivity index (χ0v) is 17.5. The van der Waals surface area contributed by atoms with Gasteiger partial charge in [0.2, 0.25) is 5.91 Å². The molecule has 0 radical (unpaired) electrons. The third kappa shape index (κ3) is 4.78. The summed E-state index contributed by atoms with van der Waals surface area (Å²) in [7, 11) is 0. The van der Waals surface area contributed by atoms with Crippen LogP contribution in [-0.2, 0) is 16.1 Å². The first kappa shape index (κ1) is 20.9. The van der Waals surface area contributed by atoms with Crippen molar-refractivity contribution in [3.63, 3.8) is 0 Å². The topological polar surface area (TPSA) is 49.9 Å². The molecule has 2 aromatic rings. The third-order valence-electron chi connectivity index (χ3n) is 5.73. The number of rotatable bonds is 6. The first-order chi connectivity index (χ1) is 14.0. The highest BCUT2D eigenvalue weighted by Crippen LogP contribution is 2.31. The van der Waals surface area contributed by atoms with Crippen molar-refractivity contribution in [2.24, 2.45) is 5.92 Å². The fraction of sp³-hybridized carbons (Fsp3) is 0.417. The molecule has 154 valence electrons. The molecule has 1 aliphatic rings. The lowest BCUT2D eigenvalue weighted by molar-refractivity contribution is -0.149. The number of benzene rings is 2. The lowest BCUT2D eigenvalue weighted by Crippen LogP contribution is -2.60. The fourth-order valence-corrected chi connectivity index (χ4v) is 3.96. The minimum absolute atomic E-state index is 0.0897. The van der Waals surface area contributed by atoms with E-state index in [2.05, 4.69) is 6.92 Å². The molecule has 2 amide bonds. The maximum atomic E-state index is 13.1. The van der Waals surface area contributed by atoms with E-state index in [1.807, 2.05) is 74.5 Å². The number of hydrogen-bond donors (Lipinski definition) is 0. The van der Waals surface area contributed by atoms with Gasteiger partial charge in [0.25, 0.3) is 0 Å². The summed E-state index contributed by atoms with van der Waals surface area (Å²) in [6.45, 7) is 6.48. The summed E-state index contributed by atoms with van der Waals surface area (Å²) in [4.78, 5) is 29.6. The van der Waals surface area contributed by atoms with E-state index < -0.39 is 0 Å². The summed E-state index contributed by atoms with van der Waals surface area (Å²) in [6, 6.07) is 19.3. The second-order valence-corrected chi connectivity index (χ2v) is 7.69. The SMILES string of the molecule is CCC[C@@H]1[C@@H](C)C(=O)N([C@@H](C)c2ccccc2)CN1C(=O)OCc1ccccc1. The van der Waals surface area contributed by atoms with Gasteiger partial charge in [0.1, 0.15) is 6.61 Å². The van der Waals surface area contributed by atoms with Crippen molar-refractivity contribution in [1.29, 1.82) is 0 Å². The maximum absolute atomic E-state index is 13.1. The summed E-state index contributed by atoms with van der Waals surface area (Å²) in [6.07, 6.45) is 1.32. The Bertz CT molecular complexity index is 809. The number of ether oxygens (including phenoxy) is 1. The molecule has 1 fully saturated rings. The van der Waals surface area contributed by atoms with Gasteiger partial charge in [0.15, 0.2) is 0 Å². The van der Waals surface area contributed by atoms with Crippen LogP contribution in [-0.4, -0.2) is 34.5 Å². The molecule has 3 rings (SSSR count). The molecule has 1 aliphatic heterocycles. The van der Waals surface area contributed by atoms with Crippen molar-refractivity contribution in [1.82, 2.24) is 9.80 Å². The smallest absolute Gasteiger partial charge is 0.411 e. The second-order valence-electron chi connectivity index (χ2n) is 7.69. The van der Waals surface area contributed by atoms with Crippen LogP contribution in [0, 0.1) is 5.92 Å². The van der Waals surface area contributed by atoms with Crippen molar-refractivity contribution >= 4 is 12.0 Å². The molecule has 0 aromatic heterocycles. The van der Waals surface area contributed by atoms with Crippen LogP contribution in [0.5, 0.6) is 0 Å². The number of nitrogens with zero attached hydrogens (tertiary/aromatic N) is 2. The lowest BCUT2D eigenvalue weighted by Gasteiger charge is -2.46. The fourth-order valence-electron chi connectivity index (χ4n) is 3.96. The van der Waals surface area contributed by atoms with Crippen LogP contribution in [0.3, 0.4) is 0 Å². The molecule has 1 saturated heterocycles. The maximum Gasteiger partial charge on any atom is 0.411 e. The average molecular weight is 395 g/mol. The molecule has 3 atom stereocenters. The van der Waals surface area contributed by atoms with E-state index in [0.29, 0.717) is 0 Å². The monoisotopic (exact) mass is 394 g/mol. The van der Waals surface area contributed by atoms with Crippen LogP contribution in [0.25, 0.3) is 0 Å². The normalized spacial score (nSPS) is 20.4. The molecule has 0 unspecified atom stereocenters. The van der Waals surface area contributed by atoms with Gasteiger partial charge in [-0.05, 0) is 24.5 Å². The summed E-state index contributed by atoms with van der Waals surface area (Å²) in [5.41, 5.74) is 2.00. The number of carbonyl (C=O) groups is 2. The van der Waals surface area contributed by atoms with Crippen molar-refractivity contribution in [2.75, 3.05) is 6.67 Å². The van der Waals surface area contributed by atoms with Gasteiger partial charge in [-0.15, -0.1) is 0 Å². The Labute approximate surface area is 173 Å². The van der Waals surface area contributed by atoms with E-state index in [1.165, 1.54) is 0 Å². The van der Waals surface area contributed by atoms with Crippen LogP contribution in [0.4, 0.5) is 4.79 Å². The summed E-state index contributed by atoms with van der Waals surface area (Å²) < 4.78 is 5.61. The van der Waals surface area contributed by atoms with Gasteiger partial charge in [-0.1, -0.05) is 80.9 Å². The van der Waals surface area contributed by atoms with E-state index in [4.69, 9.17) is 4.74 Å². The number of amides is 2. The quantitative estimate of drug-likeness (QED) is 0.693. The number of hydrogen-bond acceptors (Lipinski definition) is 3. The highest BCUT2D eigenvalue weighted by atomic mass is 16.6. The zero-order chi connectivity index (χ0) is 20.8. The van der Waals surface area contributed by atoms with Gasteiger partial charge >= 0.3 is 6.09 Å². The van der Waals surface area contributed by atoms with Crippen molar-refractivity contribution in [3.8, 4) is 0 Å². The first-order valence-electron chi connectivity index (χ1n) is 10.4.